The number of aryl methyl sites for hydroxylation is 1. The minimum atomic E-state index is 0.00632. The van der Waals surface area contributed by atoms with Gasteiger partial charge in [0.1, 0.15) is 5.75 Å². The first-order valence-electron chi connectivity index (χ1n) is 8.46. The fraction of sp³-hybridized carbons (Fsp3) is 0.550. The minimum Gasteiger partial charge on any atom is -0.497 e. The lowest BCUT2D eigenvalue weighted by Crippen LogP contribution is -2.46. The standard InChI is InChI=1S/C20H24O2/c1-12-19(21)16-5-4-10-20(12,2)17-9-6-13-11-14(22-3)7-8-15(13)18(16)17/h7-8,11,16-18H,1,4-6,9-10H2,2-3H3/t16-,17+,18+,20+/m1/s1. The summed E-state index contributed by atoms with van der Waals surface area (Å²) in [6.07, 6.45) is 5.58. The zero-order chi connectivity index (χ0) is 15.5. The molecule has 4 aliphatic rings. The summed E-state index contributed by atoms with van der Waals surface area (Å²) in [5.74, 6) is 2.38. The van der Waals surface area contributed by atoms with Crippen LogP contribution in [-0.4, -0.2) is 12.9 Å². The number of Topliss-reactive ketones (excluding diaryl/α,β-unsaturated/α-hetero) is 1. The Balaban J connectivity index is 1.87. The first-order chi connectivity index (χ1) is 10.6. The zero-order valence-electron chi connectivity index (χ0n) is 13.5. The highest BCUT2D eigenvalue weighted by atomic mass is 16.5. The molecule has 5 rings (SSSR count). The molecule has 3 saturated carbocycles. The molecule has 4 atom stereocenters. The van der Waals surface area contributed by atoms with Crippen LogP contribution < -0.4 is 4.74 Å². The highest BCUT2D eigenvalue weighted by Crippen LogP contribution is 2.61. The summed E-state index contributed by atoms with van der Waals surface area (Å²) in [5, 5.41) is 0. The van der Waals surface area contributed by atoms with Crippen LogP contribution in [0.25, 0.3) is 0 Å². The monoisotopic (exact) mass is 296 g/mol. The quantitative estimate of drug-likeness (QED) is 0.723. The van der Waals surface area contributed by atoms with Gasteiger partial charge in [-0.15, -0.1) is 0 Å². The highest BCUT2D eigenvalue weighted by Gasteiger charge is 2.55. The molecular weight excluding hydrogens is 272 g/mol. The number of hydrogen-bond donors (Lipinski definition) is 0. The van der Waals surface area contributed by atoms with Crippen LogP contribution in [0.15, 0.2) is 30.4 Å². The maximum Gasteiger partial charge on any atom is 0.162 e. The van der Waals surface area contributed by atoms with Crippen LogP contribution in [0.5, 0.6) is 5.75 Å². The lowest BCUT2D eigenvalue weighted by Gasteiger charge is -2.50. The van der Waals surface area contributed by atoms with E-state index in [0.717, 1.165) is 37.0 Å². The smallest absolute Gasteiger partial charge is 0.162 e. The molecule has 3 fully saturated rings. The zero-order valence-corrected chi connectivity index (χ0v) is 13.5. The summed E-state index contributed by atoms with van der Waals surface area (Å²) in [7, 11) is 1.72. The third-order valence-electron chi connectivity index (χ3n) is 6.65. The molecule has 116 valence electrons. The number of rotatable bonds is 1. The molecule has 1 aromatic carbocycles. The number of allylic oxidation sites excluding steroid dienone is 1. The molecule has 1 aromatic rings. The number of benzene rings is 1. The van der Waals surface area contributed by atoms with Crippen LogP contribution in [-0.2, 0) is 11.2 Å². The van der Waals surface area contributed by atoms with E-state index in [4.69, 9.17) is 4.74 Å². The van der Waals surface area contributed by atoms with Crippen LogP contribution >= 0.6 is 0 Å². The molecule has 2 heteroatoms. The molecule has 22 heavy (non-hydrogen) atoms. The predicted octanol–water partition coefficient (Wildman–Crippen LogP) is 4.29. The van der Waals surface area contributed by atoms with Gasteiger partial charge < -0.3 is 4.74 Å². The molecule has 0 unspecified atom stereocenters. The van der Waals surface area contributed by atoms with Gasteiger partial charge in [-0.3, -0.25) is 4.79 Å². The average molecular weight is 296 g/mol. The third kappa shape index (κ3) is 1.70. The van der Waals surface area contributed by atoms with Crippen LogP contribution in [0.4, 0.5) is 0 Å². The molecule has 0 amide bonds. The summed E-state index contributed by atoms with van der Waals surface area (Å²) < 4.78 is 5.38. The van der Waals surface area contributed by atoms with Crippen LogP contribution in [0, 0.1) is 17.3 Å². The van der Waals surface area contributed by atoms with Crippen LogP contribution in [0.1, 0.15) is 49.7 Å². The van der Waals surface area contributed by atoms with Crippen LogP contribution in [0.3, 0.4) is 0 Å². The van der Waals surface area contributed by atoms with E-state index in [1.54, 1.807) is 7.11 Å². The summed E-state index contributed by atoms with van der Waals surface area (Å²) in [6, 6.07) is 6.44. The fourth-order valence-electron chi connectivity index (χ4n) is 5.40. The number of ether oxygens (including phenoxy) is 1. The van der Waals surface area contributed by atoms with Gasteiger partial charge in [-0.05, 0) is 71.8 Å². The lowest BCUT2D eigenvalue weighted by molar-refractivity contribution is -0.124. The van der Waals surface area contributed by atoms with Crippen molar-refractivity contribution < 1.29 is 9.53 Å². The second-order valence-electron chi connectivity index (χ2n) is 7.49. The maximum absolute atomic E-state index is 12.9. The van der Waals surface area contributed by atoms with E-state index in [0.29, 0.717) is 17.6 Å². The normalized spacial score (nSPS) is 36.5. The van der Waals surface area contributed by atoms with Crippen molar-refractivity contribution in [3.05, 3.63) is 41.5 Å². The van der Waals surface area contributed by atoms with Crippen LogP contribution in [0.2, 0.25) is 0 Å². The second-order valence-corrected chi connectivity index (χ2v) is 7.49. The van der Waals surface area contributed by atoms with Gasteiger partial charge in [0.25, 0.3) is 0 Å². The first-order valence-corrected chi connectivity index (χ1v) is 8.46. The van der Waals surface area contributed by atoms with Gasteiger partial charge in [0.05, 0.1) is 7.11 Å². The largest absolute Gasteiger partial charge is 0.497 e. The Morgan fingerprint density at radius 1 is 1.32 bits per heavy atom. The van der Waals surface area contributed by atoms with Gasteiger partial charge in [0.15, 0.2) is 5.78 Å². The first kappa shape index (κ1) is 14.0. The Morgan fingerprint density at radius 3 is 2.91 bits per heavy atom. The van der Waals surface area contributed by atoms with Gasteiger partial charge >= 0.3 is 0 Å². The number of hydrogen-bond acceptors (Lipinski definition) is 2. The number of ketones is 1. The van der Waals surface area contributed by atoms with Gasteiger partial charge in [-0.2, -0.15) is 0 Å². The molecule has 0 aliphatic heterocycles. The van der Waals surface area contributed by atoms with Gasteiger partial charge in [-0.1, -0.05) is 26.0 Å². The van der Waals surface area contributed by atoms with Gasteiger partial charge in [0.2, 0.25) is 0 Å². The fourth-order valence-corrected chi connectivity index (χ4v) is 5.40. The van der Waals surface area contributed by atoms with E-state index in [9.17, 15) is 4.79 Å². The van der Waals surface area contributed by atoms with Crippen molar-refractivity contribution in [1.82, 2.24) is 0 Å². The Morgan fingerprint density at radius 2 is 2.14 bits per heavy atom. The Labute approximate surface area is 132 Å². The van der Waals surface area contributed by atoms with Gasteiger partial charge in [0, 0.05) is 5.92 Å². The third-order valence-corrected chi connectivity index (χ3v) is 6.65. The van der Waals surface area contributed by atoms with Crippen molar-refractivity contribution >= 4 is 5.78 Å². The molecule has 0 spiro atoms. The van der Waals surface area contributed by atoms with Crippen molar-refractivity contribution in [2.75, 3.05) is 7.11 Å². The number of carbonyl (C=O) groups is 1. The molecule has 0 N–H and O–H groups in total. The number of carbonyl (C=O) groups excluding carboxylic acids is 1. The van der Waals surface area contributed by atoms with Crippen molar-refractivity contribution in [2.24, 2.45) is 17.3 Å². The Kier molecular flexibility index (Phi) is 3.01. The lowest BCUT2D eigenvalue weighted by atomic mass is 9.52. The van der Waals surface area contributed by atoms with Gasteiger partial charge in [-0.25, -0.2) is 0 Å². The Bertz CT molecular complexity index is 660. The summed E-state index contributed by atoms with van der Waals surface area (Å²) in [5.41, 5.74) is 3.70. The number of fused-ring (bicyclic) bond motifs is 4. The van der Waals surface area contributed by atoms with Crippen molar-refractivity contribution in [1.29, 1.82) is 0 Å². The second kappa shape index (κ2) is 4.71. The van der Waals surface area contributed by atoms with Crippen molar-refractivity contribution in [3.8, 4) is 5.75 Å². The summed E-state index contributed by atoms with van der Waals surface area (Å²) in [6.45, 7) is 6.51. The van der Waals surface area contributed by atoms with E-state index in [1.165, 1.54) is 17.5 Å². The van der Waals surface area contributed by atoms with E-state index < -0.39 is 0 Å². The Hall–Kier alpha value is -1.57. The molecule has 2 bridgehead atoms. The predicted molar refractivity (Wildman–Crippen MR) is 87.1 cm³/mol. The topological polar surface area (TPSA) is 26.3 Å². The molecule has 0 aromatic heterocycles. The summed E-state index contributed by atoms with van der Waals surface area (Å²) in [4.78, 5) is 12.9. The SMILES string of the molecule is C=C1C(=O)[C@@H]2CCC[C@]1(C)[C@H]1CCc3cc(OC)ccc3[C@@H]21. The molecule has 0 saturated heterocycles. The molecule has 2 nitrogen and oxygen atoms in total. The molecular formula is C20H24O2. The van der Waals surface area contributed by atoms with E-state index in [1.807, 2.05) is 0 Å². The molecule has 4 aliphatic carbocycles. The van der Waals surface area contributed by atoms with E-state index in [-0.39, 0.29) is 11.3 Å². The molecule has 0 heterocycles. The van der Waals surface area contributed by atoms with Crippen molar-refractivity contribution in [3.63, 3.8) is 0 Å². The average Bonchev–Trinajstić information content (AvgIpc) is 2.76. The minimum absolute atomic E-state index is 0.00632. The van der Waals surface area contributed by atoms with E-state index in [2.05, 4.69) is 31.7 Å². The van der Waals surface area contributed by atoms with Crippen molar-refractivity contribution in [2.45, 2.75) is 44.9 Å². The van der Waals surface area contributed by atoms with E-state index >= 15 is 0 Å². The maximum atomic E-state index is 12.9. The molecule has 0 radical (unpaired) electrons. The summed E-state index contributed by atoms with van der Waals surface area (Å²) >= 11 is 0. The number of methoxy groups -OCH3 is 1. The highest BCUT2D eigenvalue weighted by molar-refractivity contribution is 6.00.